The summed E-state index contributed by atoms with van der Waals surface area (Å²) >= 11 is 5.93. The van der Waals surface area contributed by atoms with Gasteiger partial charge in [-0.2, -0.15) is 0 Å². The van der Waals surface area contributed by atoms with Crippen LogP contribution in [0.1, 0.15) is 11.6 Å². The second kappa shape index (κ2) is 9.49. The number of esters is 1. The first kappa shape index (κ1) is 23.4. The molecule has 0 saturated heterocycles. The maximum Gasteiger partial charge on any atom is 0.338 e. The Kier molecular flexibility index (Phi) is 6.95. The standard InChI is InChI=1S/C21H21ClN2O7S/c1-29-16-9-8-14(10-17(16)30-2)32(27,28)11-15-18(20(25)31-3)19(24-21(26)23-15)12-4-6-13(22)7-5-12/h4-10,19H,11H2,1-3H3,(H2,23,24,26). The summed E-state index contributed by atoms with van der Waals surface area (Å²) in [5, 5.41) is 5.53. The van der Waals surface area contributed by atoms with Crippen molar-refractivity contribution in [3.63, 3.8) is 0 Å². The van der Waals surface area contributed by atoms with Crippen molar-refractivity contribution in [3.05, 3.63) is 64.3 Å². The molecule has 0 spiro atoms. The van der Waals surface area contributed by atoms with Crippen LogP contribution in [0.25, 0.3) is 0 Å². The van der Waals surface area contributed by atoms with Crippen LogP contribution in [-0.2, 0) is 19.4 Å². The van der Waals surface area contributed by atoms with Gasteiger partial charge in [0.15, 0.2) is 21.3 Å². The van der Waals surface area contributed by atoms with Crippen molar-refractivity contribution in [1.29, 1.82) is 0 Å². The van der Waals surface area contributed by atoms with Gasteiger partial charge in [-0.3, -0.25) is 0 Å². The molecule has 32 heavy (non-hydrogen) atoms. The van der Waals surface area contributed by atoms with Gasteiger partial charge in [0, 0.05) is 16.8 Å². The van der Waals surface area contributed by atoms with Crippen molar-refractivity contribution in [1.82, 2.24) is 10.6 Å². The summed E-state index contributed by atoms with van der Waals surface area (Å²) < 4.78 is 41.5. The molecule has 0 aromatic heterocycles. The molecule has 2 N–H and O–H groups in total. The molecule has 1 heterocycles. The topological polar surface area (TPSA) is 120 Å². The summed E-state index contributed by atoms with van der Waals surface area (Å²) in [4.78, 5) is 24.9. The molecule has 1 aliphatic rings. The number of urea groups is 1. The molecule has 3 rings (SSSR count). The highest BCUT2D eigenvalue weighted by atomic mass is 35.5. The third-order valence-corrected chi connectivity index (χ3v) is 6.70. The molecule has 2 amide bonds. The lowest BCUT2D eigenvalue weighted by molar-refractivity contribution is -0.136. The van der Waals surface area contributed by atoms with Crippen molar-refractivity contribution in [2.24, 2.45) is 0 Å². The number of hydrogen-bond acceptors (Lipinski definition) is 7. The van der Waals surface area contributed by atoms with E-state index < -0.39 is 33.6 Å². The second-order valence-corrected chi connectivity index (χ2v) is 9.17. The molecular formula is C21H21ClN2O7S. The summed E-state index contributed by atoms with van der Waals surface area (Å²) in [6, 6.07) is 8.99. The van der Waals surface area contributed by atoms with Gasteiger partial charge in [0.05, 0.1) is 43.6 Å². The first-order chi connectivity index (χ1) is 15.2. The Morgan fingerprint density at radius 1 is 1.03 bits per heavy atom. The van der Waals surface area contributed by atoms with E-state index in [1.54, 1.807) is 24.3 Å². The van der Waals surface area contributed by atoms with E-state index in [0.717, 1.165) is 0 Å². The van der Waals surface area contributed by atoms with Crippen LogP contribution in [0.4, 0.5) is 4.79 Å². The number of ether oxygens (including phenoxy) is 3. The third-order valence-electron chi connectivity index (χ3n) is 4.81. The van der Waals surface area contributed by atoms with Crippen LogP contribution in [0, 0.1) is 0 Å². The fraction of sp³-hybridized carbons (Fsp3) is 0.238. The average Bonchev–Trinajstić information content (AvgIpc) is 2.77. The number of nitrogens with one attached hydrogen (secondary N) is 2. The number of carbonyl (C=O) groups excluding carboxylic acids is 2. The van der Waals surface area contributed by atoms with Crippen LogP contribution in [-0.4, -0.2) is 47.5 Å². The lowest BCUT2D eigenvalue weighted by atomic mass is 9.95. The lowest BCUT2D eigenvalue weighted by Crippen LogP contribution is -2.47. The van der Waals surface area contributed by atoms with Crippen molar-refractivity contribution < 1.29 is 32.2 Å². The van der Waals surface area contributed by atoms with E-state index in [1.807, 2.05) is 0 Å². The summed E-state index contributed by atoms with van der Waals surface area (Å²) in [6.45, 7) is 0. The largest absolute Gasteiger partial charge is 0.493 e. The molecule has 11 heteroatoms. The molecular weight excluding hydrogens is 460 g/mol. The van der Waals surface area contributed by atoms with Crippen molar-refractivity contribution in [2.45, 2.75) is 10.9 Å². The summed E-state index contributed by atoms with van der Waals surface area (Å²) in [5.74, 6) is -0.845. The van der Waals surface area contributed by atoms with Crippen molar-refractivity contribution in [2.75, 3.05) is 27.1 Å². The molecule has 0 bridgehead atoms. The van der Waals surface area contributed by atoms with Gasteiger partial charge >= 0.3 is 12.0 Å². The van der Waals surface area contributed by atoms with Gasteiger partial charge in [-0.05, 0) is 29.8 Å². The van der Waals surface area contributed by atoms with Crippen LogP contribution < -0.4 is 20.1 Å². The molecule has 170 valence electrons. The molecule has 2 aromatic rings. The molecule has 1 aliphatic heterocycles. The summed E-state index contributed by atoms with van der Waals surface area (Å²) in [5.41, 5.74) is 0.416. The van der Waals surface area contributed by atoms with Crippen molar-refractivity contribution >= 4 is 33.4 Å². The first-order valence-electron chi connectivity index (χ1n) is 9.29. The molecule has 1 unspecified atom stereocenters. The molecule has 2 aromatic carbocycles. The molecule has 9 nitrogen and oxygen atoms in total. The maximum absolute atomic E-state index is 13.1. The Balaban J connectivity index is 2.08. The van der Waals surface area contributed by atoms with Gasteiger partial charge in [-0.15, -0.1) is 0 Å². The number of amides is 2. The highest BCUT2D eigenvalue weighted by Crippen LogP contribution is 2.32. The molecule has 0 fully saturated rings. The first-order valence-corrected chi connectivity index (χ1v) is 11.3. The van der Waals surface area contributed by atoms with E-state index in [2.05, 4.69) is 10.6 Å². The van der Waals surface area contributed by atoms with E-state index in [0.29, 0.717) is 16.3 Å². The quantitative estimate of drug-likeness (QED) is 0.584. The number of rotatable bonds is 7. The molecule has 1 atom stereocenters. The fourth-order valence-corrected chi connectivity index (χ4v) is 4.73. The minimum atomic E-state index is -3.99. The highest BCUT2D eigenvalue weighted by Gasteiger charge is 2.35. The number of methoxy groups -OCH3 is 3. The van der Waals surface area contributed by atoms with Gasteiger partial charge in [-0.25, -0.2) is 18.0 Å². The molecule has 0 radical (unpaired) electrons. The molecule has 0 aliphatic carbocycles. The lowest BCUT2D eigenvalue weighted by Gasteiger charge is -2.29. The second-order valence-electron chi connectivity index (χ2n) is 6.74. The average molecular weight is 481 g/mol. The van der Waals surface area contributed by atoms with Crippen LogP contribution >= 0.6 is 11.6 Å². The predicted molar refractivity (Wildman–Crippen MR) is 117 cm³/mol. The minimum Gasteiger partial charge on any atom is -0.493 e. The number of hydrogen-bond donors (Lipinski definition) is 2. The SMILES string of the molecule is COC(=O)C1=C(CS(=O)(=O)c2ccc(OC)c(OC)c2)NC(=O)NC1c1ccc(Cl)cc1. The van der Waals surface area contributed by atoms with Crippen LogP contribution in [0.15, 0.2) is 58.6 Å². The predicted octanol–water partition coefficient (Wildman–Crippen LogP) is 2.61. The van der Waals surface area contributed by atoms with E-state index in [1.165, 1.54) is 39.5 Å². The van der Waals surface area contributed by atoms with E-state index in [4.69, 9.17) is 25.8 Å². The van der Waals surface area contributed by atoms with Crippen LogP contribution in [0.5, 0.6) is 11.5 Å². The Labute approximate surface area is 190 Å². The van der Waals surface area contributed by atoms with Crippen LogP contribution in [0.3, 0.4) is 0 Å². The van der Waals surface area contributed by atoms with E-state index >= 15 is 0 Å². The van der Waals surface area contributed by atoms with Crippen molar-refractivity contribution in [3.8, 4) is 11.5 Å². The summed E-state index contributed by atoms with van der Waals surface area (Å²) in [7, 11) is -0.00465. The highest BCUT2D eigenvalue weighted by molar-refractivity contribution is 7.91. The third kappa shape index (κ3) is 4.81. The van der Waals surface area contributed by atoms with Gasteiger partial charge in [0.1, 0.15) is 0 Å². The number of halogens is 1. The van der Waals surface area contributed by atoms with Crippen LogP contribution in [0.2, 0.25) is 5.02 Å². The zero-order chi connectivity index (χ0) is 23.5. The Bertz CT molecular complexity index is 1180. The van der Waals surface area contributed by atoms with E-state index in [9.17, 15) is 18.0 Å². The maximum atomic E-state index is 13.1. The zero-order valence-electron chi connectivity index (χ0n) is 17.5. The van der Waals surface area contributed by atoms with Gasteiger partial charge in [-0.1, -0.05) is 23.7 Å². The monoisotopic (exact) mass is 480 g/mol. The number of benzene rings is 2. The Morgan fingerprint density at radius 2 is 1.69 bits per heavy atom. The Hall–Kier alpha value is -3.24. The Morgan fingerprint density at radius 3 is 2.28 bits per heavy atom. The van der Waals surface area contributed by atoms with Gasteiger partial charge < -0.3 is 24.8 Å². The van der Waals surface area contributed by atoms with Gasteiger partial charge in [0.2, 0.25) is 0 Å². The zero-order valence-corrected chi connectivity index (χ0v) is 19.0. The smallest absolute Gasteiger partial charge is 0.338 e. The van der Waals surface area contributed by atoms with E-state index in [-0.39, 0.29) is 21.9 Å². The molecule has 0 saturated carbocycles. The number of sulfone groups is 1. The normalized spacial score (nSPS) is 16.1. The number of carbonyl (C=O) groups is 2. The van der Waals surface area contributed by atoms with Gasteiger partial charge in [0.25, 0.3) is 0 Å². The summed E-state index contributed by atoms with van der Waals surface area (Å²) in [6.07, 6.45) is 0. The minimum absolute atomic E-state index is 0.0292. The fourth-order valence-electron chi connectivity index (χ4n) is 3.27.